The average molecular weight is 389 g/mol. The van der Waals surface area contributed by atoms with E-state index in [9.17, 15) is 13.9 Å². The Morgan fingerprint density at radius 1 is 1.21 bits per heavy atom. The van der Waals surface area contributed by atoms with Crippen molar-refractivity contribution in [2.24, 2.45) is 5.92 Å². The summed E-state index contributed by atoms with van der Waals surface area (Å²) in [4.78, 5) is 10.5. The number of halogens is 2. The quantitative estimate of drug-likeness (QED) is 0.597. The van der Waals surface area contributed by atoms with Crippen molar-refractivity contribution in [3.8, 4) is 0 Å². The van der Waals surface area contributed by atoms with Crippen LogP contribution in [0.5, 0.6) is 0 Å². The summed E-state index contributed by atoms with van der Waals surface area (Å²) in [7, 11) is 0. The summed E-state index contributed by atoms with van der Waals surface area (Å²) in [6.45, 7) is 6.84. The van der Waals surface area contributed by atoms with Crippen molar-refractivity contribution in [3.63, 3.8) is 0 Å². The maximum Gasteiger partial charge on any atom is 0.162 e. The van der Waals surface area contributed by atoms with E-state index in [1.165, 1.54) is 6.33 Å². The third-order valence-electron chi connectivity index (χ3n) is 4.55. The number of fused-ring (bicyclic) bond motifs is 1. The van der Waals surface area contributed by atoms with Crippen molar-refractivity contribution in [3.05, 3.63) is 59.3 Å². The zero-order valence-corrected chi connectivity index (χ0v) is 16.3. The Balaban J connectivity index is 1.98. The Morgan fingerprint density at radius 2 is 2.00 bits per heavy atom. The highest BCUT2D eigenvalue weighted by molar-refractivity contribution is 5.48. The summed E-state index contributed by atoms with van der Waals surface area (Å²) in [6.07, 6.45) is 3.42. The molecule has 150 valence electrons. The fraction of sp³-hybridized carbons (Fsp3) is 0.450. The second-order valence-corrected chi connectivity index (χ2v) is 7.31. The molecule has 0 radical (unpaired) electrons. The first-order chi connectivity index (χ1) is 13.4. The summed E-state index contributed by atoms with van der Waals surface area (Å²) in [6, 6.07) is 3.11. The van der Waals surface area contributed by atoms with Gasteiger partial charge in [0.2, 0.25) is 0 Å². The molecule has 0 aliphatic heterocycles. The van der Waals surface area contributed by atoms with Crippen LogP contribution in [0, 0.1) is 17.6 Å². The maximum atomic E-state index is 14.2. The standard InChI is InChI=1S/C20H25F2N5O/c1-4-5-15-18(24-12-27-19(15)23-11-25-27)10-26(9-13(2)3)20(28)16-8-14(21)6-7-17(16)22/h6-8,11-13,20,28H,4-5,9-10H2,1-3H3. The van der Waals surface area contributed by atoms with Crippen LogP contribution in [-0.4, -0.2) is 36.1 Å². The fourth-order valence-corrected chi connectivity index (χ4v) is 3.35. The van der Waals surface area contributed by atoms with E-state index < -0.39 is 17.9 Å². The average Bonchev–Trinajstić information content (AvgIpc) is 3.13. The van der Waals surface area contributed by atoms with Gasteiger partial charge in [-0.1, -0.05) is 27.2 Å². The summed E-state index contributed by atoms with van der Waals surface area (Å²) in [5.74, 6) is -1.02. The topological polar surface area (TPSA) is 66.5 Å². The molecular formula is C20H25F2N5O. The third kappa shape index (κ3) is 4.34. The zero-order chi connectivity index (χ0) is 20.3. The van der Waals surface area contributed by atoms with Gasteiger partial charge in [0.25, 0.3) is 0 Å². The Kier molecular flexibility index (Phi) is 6.31. The molecule has 8 heteroatoms. The molecule has 1 atom stereocenters. The number of rotatable bonds is 8. The zero-order valence-electron chi connectivity index (χ0n) is 16.3. The van der Waals surface area contributed by atoms with Gasteiger partial charge in [-0.25, -0.2) is 23.3 Å². The van der Waals surface area contributed by atoms with E-state index in [0.29, 0.717) is 6.54 Å². The number of aromatic nitrogens is 4. The Bertz CT molecular complexity index is 943. The molecule has 1 unspecified atom stereocenters. The van der Waals surface area contributed by atoms with E-state index in [1.54, 1.807) is 15.7 Å². The van der Waals surface area contributed by atoms with E-state index >= 15 is 0 Å². The minimum atomic E-state index is -1.29. The van der Waals surface area contributed by atoms with Crippen LogP contribution in [0.2, 0.25) is 0 Å². The minimum Gasteiger partial charge on any atom is -0.374 e. The summed E-state index contributed by atoms with van der Waals surface area (Å²) in [5, 5.41) is 15.0. The van der Waals surface area contributed by atoms with Crippen molar-refractivity contribution in [1.29, 1.82) is 0 Å². The van der Waals surface area contributed by atoms with E-state index in [0.717, 1.165) is 47.9 Å². The second kappa shape index (κ2) is 8.70. The van der Waals surface area contributed by atoms with Crippen LogP contribution in [-0.2, 0) is 13.0 Å². The molecule has 0 spiro atoms. The number of nitrogens with zero attached hydrogens (tertiary/aromatic N) is 5. The molecule has 0 fully saturated rings. The number of benzene rings is 1. The van der Waals surface area contributed by atoms with E-state index in [4.69, 9.17) is 0 Å². The van der Waals surface area contributed by atoms with Crippen LogP contribution >= 0.6 is 0 Å². The number of aliphatic hydroxyl groups excluding tert-OH is 1. The molecule has 1 aromatic carbocycles. The van der Waals surface area contributed by atoms with Crippen LogP contribution in [0.3, 0.4) is 0 Å². The molecule has 28 heavy (non-hydrogen) atoms. The van der Waals surface area contributed by atoms with E-state index in [2.05, 4.69) is 22.0 Å². The van der Waals surface area contributed by atoms with Crippen LogP contribution in [0.15, 0.2) is 30.9 Å². The van der Waals surface area contributed by atoms with Gasteiger partial charge in [0.1, 0.15) is 30.5 Å². The molecule has 0 bridgehead atoms. The van der Waals surface area contributed by atoms with Gasteiger partial charge in [-0.2, -0.15) is 5.10 Å². The van der Waals surface area contributed by atoms with Crippen LogP contribution in [0.25, 0.3) is 5.65 Å². The fourth-order valence-electron chi connectivity index (χ4n) is 3.35. The SMILES string of the molecule is CCCc1c(CN(CC(C)C)C(O)c2cc(F)ccc2F)ncn2ncnc12. The van der Waals surface area contributed by atoms with Crippen molar-refractivity contribution < 1.29 is 13.9 Å². The number of hydrogen-bond donors (Lipinski definition) is 1. The van der Waals surface area contributed by atoms with Crippen LogP contribution in [0.1, 0.15) is 50.2 Å². The largest absolute Gasteiger partial charge is 0.374 e. The molecule has 0 saturated carbocycles. The minimum absolute atomic E-state index is 0.0822. The Morgan fingerprint density at radius 3 is 2.71 bits per heavy atom. The van der Waals surface area contributed by atoms with Crippen LogP contribution < -0.4 is 0 Å². The van der Waals surface area contributed by atoms with Crippen molar-refractivity contribution in [2.45, 2.75) is 46.4 Å². The molecule has 2 heterocycles. The van der Waals surface area contributed by atoms with Gasteiger partial charge in [-0.3, -0.25) is 4.90 Å². The first-order valence-corrected chi connectivity index (χ1v) is 9.43. The van der Waals surface area contributed by atoms with Crippen molar-refractivity contribution >= 4 is 5.65 Å². The number of hydrogen-bond acceptors (Lipinski definition) is 5. The number of aryl methyl sites for hydroxylation is 1. The van der Waals surface area contributed by atoms with Gasteiger partial charge in [0.05, 0.1) is 5.69 Å². The molecule has 0 amide bonds. The van der Waals surface area contributed by atoms with Crippen molar-refractivity contribution in [1.82, 2.24) is 24.5 Å². The normalized spacial score (nSPS) is 13.0. The molecule has 0 aliphatic rings. The predicted molar refractivity (Wildman–Crippen MR) is 101 cm³/mol. The van der Waals surface area contributed by atoms with Crippen LogP contribution in [0.4, 0.5) is 8.78 Å². The highest BCUT2D eigenvalue weighted by atomic mass is 19.1. The monoisotopic (exact) mass is 389 g/mol. The first kappa shape index (κ1) is 20.3. The molecule has 3 rings (SSSR count). The van der Waals surface area contributed by atoms with E-state index in [1.807, 2.05) is 13.8 Å². The summed E-state index contributed by atoms with van der Waals surface area (Å²) < 4.78 is 29.5. The number of aliphatic hydroxyl groups is 1. The van der Waals surface area contributed by atoms with Gasteiger partial charge in [0, 0.05) is 24.2 Å². The maximum absolute atomic E-state index is 14.2. The second-order valence-electron chi connectivity index (χ2n) is 7.31. The Hall–Kier alpha value is -2.45. The molecule has 0 saturated heterocycles. The lowest BCUT2D eigenvalue weighted by molar-refractivity contribution is -0.0151. The summed E-state index contributed by atoms with van der Waals surface area (Å²) >= 11 is 0. The smallest absolute Gasteiger partial charge is 0.162 e. The van der Waals surface area contributed by atoms with E-state index in [-0.39, 0.29) is 18.0 Å². The van der Waals surface area contributed by atoms with Gasteiger partial charge < -0.3 is 5.11 Å². The highest BCUT2D eigenvalue weighted by Gasteiger charge is 2.24. The van der Waals surface area contributed by atoms with Crippen molar-refractivity contribution in [2.75, 3.05) is 6.54 Å². The van der Waals surface area contributed by atoms with Gasteiger partial charge in [-0.05, 0) is 30.5 Å². The lowest BCUT2D eigenvalue weighted by Gasteiger charge is -2.30. The lowest BCUT2D eigenvalue weighted by Crippen LogP contribution is -2.33. The third-order valence-corrected chi connectivity index (χ3v) is 4.55. The summed E-state index contributed by atoms with van der Waals surface area (Å²) in [5.41, 5.74) is 2.34. The molecular weight excluding hydrogens is 364 g/mol. The molecule has 2 aromatic heterocycles. The lowest BCUT2D eigenvalue weighted by atomic mass is 10.1. The van der Waals surface area contributed by atoms with Gasteiger partial charge >= 0.3 is 0 Å². The molecule has 3 aromatic rings. The Labute approximate surface area is 162 Å². The first-order valence-electron chi connectivity index (χ1n) is 9.43. The molecule has 6 nitrogen and oxygen atoms in total. The van der Waals surface area contributed by atoms with Gasteiger partial charge in [-0.15, -0.1) is 0 Å². The highest BCUT2D eigenvalue weighted by Crippen LogP contribution is 2.26. The molecule has 1 N–H and O–H groups in total. The molecule has 0 aliphatic carbocycles. The predicted octanol–water partition coefficient (Wildman–Crippen LogP) is 3.50. The van der Waals surface area contributed by atoms with Gasteiger partial charge in [0.15, 0.2) is 5.65 Å².